The zero-order valence-electron chi connectivity index (χ0n) is 12.0. The SMILES string of the molecule is CC(C)CNc1nnc(SCCCc2ccccc2)s1. The molecule has 0 aliphatic rings. The third-order valence-corrected chi connectivity index (χ3v) is 4.85. The summed E-state index contributed by atoms with van der Waals surface area (Å²) in [5.41, 5.74) is 1.41. The summed E-state index contributed by atoms with van der Waals surface area (Å²) in [4.78, 5) is 0. The molecule has 0 aliphatic heterocycles. The zero-order chi connectivity index (χ0) is 14.2. The first kappa shape index (κ1) is 15.3. The highest BCUT2D eigenvalue weighted by Crippen LogP contribution is 2.26. The maximum absolute atomic E-state index is 4.21. The normalized spacial score (nSPS) is 10.9. The molecule has 1 aromatic carbocycles. The van der Waals surface area contributed by atoms with Crippen molar-refractivity contribution in [3.05, 3.63) is 35.9 Å². The van der Waals surface area contributed by atoms with Crippen LogP contribution in [0.2, 0.25) is 0 Å². The van der Waals surface area contributed by atoms with Crippen LogP contribution in [0.1, 0.15) is 25.8 Å². The Morgan fingerprint density at radius 2 is 2.00 bits per heavy atom. The van der Waals surface area contributed by atoms with Gasteiger partial charge < -0.3 is 5.32 Å². The summed E-state index contributed by atoms with van der Waals surface area (Å²) in [6, 6.07) is 10.6. The summed E-state index contributed by atoms with van der Waals surface area (Å²) in [5, 5.41) is 12.6. The molecule has 0 saturated heterocycles. The van der Waals surface area contributed by atoms with Crippen LogP contribution in [0.3, 0.4) is 0 Å². The number of anilines is 1. The topological polar surface area (TPSA) is 37.8 Å². The molecule has 0 amide bonds. The van der Waals surface area contributed by atoms with Crippen LogP contribution in [0, 0.1) is 5.92 Å². The standard InChI is InChI=1S/C15H21N3S2/c1-12(2)11-16-14-17-18-15(20-14)19-10-6-9-13-7-4-3-5-8-13/h3-5,7-8,12H,6,9-11H2,1-2H3,(H,16,17). The molecule has 0 saturated carbocycles. The van der Waals surface area contributed by atoms with E-state index in [9.17, 15) is 0 Å². The van der Waals surface area contributed by atoms with Crippen molar-refractivity contribution in [2.24, 2.45) is 5.92 Å². The Labute approximate surface area is 129 Å². The van der Waals surface area contributed by atoms with Crippen molar-refractivity contribution < 1.29 is 0 Å². The van der Waals surface area contributed by atoms with Crippen molar-refractivity contribution in [3.63, 3.8) is 0 Å². The van der Waals surface area contributed by atoms with E-state index in [1.54, 1.807) is 23.1 Å². The van der Waals surface area contributed by atoms with Gasteiger partial charge in [0.15, 0.2) is 4.34 Å². The average Bonchev–Trinajstić information content (AvgIpc) is 2.90. The minimum Gasteiger partial charge on any atom is -0.360 e. The Morgan fingerprint density at radius 3 is 2.75 bits per heavy atom. The lowest BCUT2D eigenvalue weighted by molar-refractivity contribution is 0.687. The minimum atomic E-state index is 0.626. The van der Waals surface area contributed by atoms with Gasteiger partial charge in [0.05, 0.1) is 0 Å². The van der Waals surface area contributed by atoms with Crippen LogP contribution >= 0.6 is 23.1 Å². The summed E-state index contributed by atoms with van der Waals surface area (Å²) in [6.45, 7) is 5.33. The Bertz CT molecular complexity index is 497. The fourth-order valence-corrected chi connectivity index (χ4v) is 3.48. The molecule has 0 unspecified atom stereocenters. The number of benzene rings is 1. The highest BCUT2D eigenvalue weighted by molar-refractivity contribution is 8.01. The second-order valence-corrected chi connectivity index (χ2v) is 7.41. The fraction of sp³-hybridized carbons (Fsp3) is 0.467. The highest BCUT2D eigenvalue weighted by atomic mass is 32.2. The predicted octanol–water partition coefficient (Wildman–Crippen LogP) is 4.33. The minimum absolute atomic E-state index is 0.626. The van der Waals surface area contributed by atoms with Crippen LogP contribution in [0.5, 0.6) is 0 Å². The van der Waals surface area contributed by atoms with Crippen molar-refractivity contribution in [2.75, 3.05) is 17.6 Å². The lowest BCUT2D eigenvalue weighted by Gasteiger charge is -2.03. The molecule has 1 heterocycles. The first-order valence-electron chi connectivity index (χ1n) is 6.98. The van der Waals surface area contributed by atoms with E-state index < -0.39 is 0 Å². The van der Waals surface area contributed by atoms with Crippen molar-refractivity contribution in [3.8, 4) is 0 Å². The molecule has 2 aromatic rings. The lowest BCUT2D eigenvalue weighted by atomic mass is 10.1. The van der Waals surface area contributed by atoms with Gasteiger partial charge in [0, 0.05) is 12.3 Å². The molecule has 0 bridgehead atoms. The number of nitrogens with one attached hydrogen (secondary N) is 1. The van der Waals surface area contributed by atoms with E-state index in [2.05, 4.69) is 59.7 Å². The zero-order valence-corrected chi connectivity index (χ0v) is 13.6. The maximum atomic E-state index is 4.21. The number of hydrogen-bond acceptors (Lipinski definition) is 5. The van der Waals surface area contributed by atoms with Crippen molar-refractivity contribution in [2.45, 2.75) is 31.0 Å². The molecule has 20 heavy (non-hydrogen) atoms. The molecule has 5 heteroatoms. The summed E-state index contributed by atoms with van der Waals surface area (Å²) in [7, 11) is 0. The van der Waals surface area contributed by atoms with Crippen LogP contribution in [-0.4, -0.2) is 22.5 Å². The van der Waals surface area contributed by atoms with E-state index in [0.29, 0.717) is 5.92 Å². The van der Waals surface area contributed by atoms with Crippen molar-refractivity contribution in [1.82, 2.24) is 10.2 Å². The first-order chi connectivity index (χ1) is 9.74. The largest absolute Gasteiger partial charge is 0.360 e. The van der Waals surface area contributed by atoms with Gasteiger partial charge in [-0.05, 0) is 24.3 Å². The monoisotopic (exact) mass is 307 g/mol. The second kappa shape index (κ2) is 8.27. The van der Waals surface area contributed by atoms with Gasteiger partial charge in [-0.2, -0.15) is 0 Å². The Hall–Kier alpha value is -1.07. The van der Waals surface area contributed by atoms with E-state index >= 15 is 0 Å². The Balaban J connectivity index is 1.67. The van der Waals surface area contributed by atoms with E-state index in [4.69, 9.17) is 0 Å². The predicted molar refractivity (Wildman–Crippen MR) is 88.7 cm³/mol. The molecule has 0 spiro atoms. The Morgan fingerprint density at radius 1 is 1.20 bits per heavy atom. The summed E-state index contributed by atoms with van der Waals surface area (Å²) >= 11 is 3.45. The number of nitrogens with zero attached hydrogens (tertiary/aromatic N) is 2. The van der Waals surface area contributed by atoms with Gasteiger partial charge in [-0.25, -0.2) is 0 Å². The van der Waals surface area contributed by atoms with Crippen LogP contribution in [0.25, 0.3) is 0 Å². The van der Waals surface area contributed by atoms with Crippen molar-refractivity contribution in [1.29, 1.82) is 0 Å². The summed E-state index contributed by atoms with van der Waals surface area (Å²) in [6.07, 6.45) is 2.30. The van der Waals surface area contributed by atoms with Gasteiger partial charge in [0.2, 0.25) is 5.13 Å². The number of rotatable bonds is 8. The molecule has 1 N–H and O–H groups in total. The maximum Gasteiger partial charge on any atom is 0.206 e. The van der Waals surface area contributed by atoms with Crippen LogP contribution in [0.15, 0.2) is 34.7 Å². The third kappa shape index (κ3) is 5.51. The van der Waals surface area contributed by atoms with Gasteiger partial charge in [0.25, 0.3) is 0 Å². The molecule has 0 radical (unpaired) electrons. The molecule has 0 atom stereocenters. The smallest absolute Gasteiger partial charge is 0.206 e. The number of hydrogen-bond donors (Lipinski definition) is 1. The van der Waals surface area contributed by atoms with Crippen LogP contribution in [-0.2, 0) is 6.42 Å². The second-order valence-electron chi connectivity index (χ2n) is 5.09. The third-order valence-electron chi connectivity index (χ3n) is 2.75. The van der Waals surface area contributed by atoms with E-state index in [0.717, 1.165) is 28.2 Å². The van der Waals surface area contributed by atoms with Crippen molar-refractivity contribution >= 4 is 28.2 Å². The van der Waals surface area contributed by atoms with Gasteiger partial charge in [-0.15, -0.1) is 10.2 Å². The summed E-state index contributed by atoms with van der Waals surface area (Å²) in [5.74, 6) is 1.72. The van der Waals surface area contributed by atoms with Crippen LogP contribution in [0.4, 0.5) is 5.13 Å². The Kier molecular flexibility index (Phi) is 6.33. The quantitative estimate of drug-likeness (QED) is 0.582. The molecule has 2 rings (SSSR count). The highest BCUT2D eigenvalue weighted by Gasteiger charge is 2.04. The van der Waals surface area contributed by atoms with Gasteiger partial charge in [0.1, 0.15) is 0 Å². The molecule has 108 valence electrons. The first-order valence-corrected chi connectivity index (χ1v) is 8.78. The molecule has 3 nitrogen and oxygen atoms in total. The summed E-state index contributed by atoms with van der Waals surface area (Å²) < 4.78 is 1.06. The molecule has 1 aromatic heterocycles. The number of aryl methyl sites for hydroxylation is 1. The van der Waals surface area contributed by atoms with E-state index in [1.165, 1.54) is 12.0 Å². The molecular formula is C15H21N3S2. The van der Waals surface area contributed by atoms with Crippen LogP contribution < -0.4 is 5.32 Å². The molecule has 0 fully saturated rings. The number of thioether (sulfide) groups is 1. The molecule has 0 aliphatic carbocycles. The molecular weight excluding hydrogens is 286 g/mol. The number of aromatic nitrogens is 2. The van der Waals surface area contributed by atoms with Gasteiger partial charge in [-0.3, -0.25) is 0 Å². The average molecular weight is 307 g/mol. The van der Waals surface area contributed by atoms with E-state index in [1.807, 2.05) is 0 Å². The lowest BCUT2D eigenvalue weighted by Crippen LogP contribution is -2.07. The fourth-order valence-electron chi connectivity index (χ4n) is 1.71. The van der Waals surface area contributed by atoms with E-state index in [-0.39, 0.29) is 0 Å². The van der Waals surface area contributed by atoms with Gasteiger partial charge >= 0.3 is 0 Å². The van der Waals surface area contributed by atoms with Gasteiger partial charge in [-0.1, -0.05) is 67.3 Å².